The molecule has 1 aromatic carbocycles. The summed E-state index contributed by atoms with van der Waals surface area (Å²) in [6, 6.07) is 10.5. The van der Waals surface area contributed by atoms with E-state index in [9.17, 15) is 0 Å². The van der Waals surface area contributed by atoms with Crippen molar-refractivity contribution in [3.63, 3.8) is 0 Å². The molecule has 3 nitrogen and oxygen atoms in total. The van der Waals surface area contributed by atoms with Gasteiger partial charge in [-0.3, -0.25) is 0 Å². The highest BCUT2D eigenvalue weighted by molar-refractivity contribution is 7.17. The van der Waals surface area contributed by atoms with E-state index in [0.29, 0.717) is 0 Å². The van der Waals surface area contributed by atoms with Crippen LogP contribution in [0.5, 0.6) is 0 Å². The van der Waals surface area contributed by atoms with Crippen molar-refractivity contribution in [1.82, 2.24) is 9.97 Å². The Morgan fingerprint density at radius 1 is 1.09 bits per heavy atom. The lowest BCUT2D eigenvalue weighted by Gasteiger charge is -2.22. The van der Waals surface area contributed by atoms with Crippen molar-refractivity contribution in [3.8, 4) is 11.1 Å². The summed E-state index contributed by atoms with van der Waals surface area (Å²) < 4.78 is 0. The van der Waals surface area contributed by atoms with Crippen LogP contribution in [0.25, 0.3) is 21.3 Å². The first kappa shape index (κ1) is 15.0. The van der Waals surface area contributed by atoms with Crippen LogP contribution >= 0.6 is 11.3 Å². The smallest absolute Gasteiger partial charge is 0.141 e. The lowest BCUT2D eigenvalue weighted by Crippen LogP contribution is -2.25. The first-order chi connectivity index (χ1) is 10.8. The Morgan fingerprint density at radius 2 is 1.91 bits per heavy atom. The number of nitrogens with zero attached hydrogens (tertiary/aromatic N) is 3. The van der Waals surface area contributed by atoms with Crippen molar-refractivity contribution in [2.24, 2.45) is 0 Å². The van der Waals surface area contributed by atoms with Gasteiger partial charge in [0.05, 0.1) is 5.39 Å². The summed E-state index contributed by atoms with van der Waals surface area (Å²) in [6.07, 6.45) is 4.07. The molecular weight excluding hydrogens is 290 g/mol. The third-order valence-electron chi connectivity index (χ3n) is 3.90. The summed E-state index contributed by atoms with van der Waals surface area (Å²) in [7, 11) is 0. The molecule has 114 valence electrons. The van der Waals surface area contributed by atoms with Gasteiger partial charge in [0.15, 0.2) is 0 Å². The molecular formula is C18H21N3S. The van der Waals surface area contributed by atoms with Crippen LogP contribution in [-0.2, 0) is 0 Å². The van der Waals surface area contributed by atoms with E-state index in [1.54, 1.807) is 17.7 Å². The minimum Gasteiger partial charge on any atom is -0.356 e. The minimum absolute atomic E-state index is 0.968. The largest absolute Gasteiger partial charge is 0.356 e. The van der Waals surface area contributed by atoms with Gasteiger partial charge in [-0.05, 0) is 18.9 Å². The average molecular weight is 311 g/mol. The molecule has 0 spiro atoms. The van der Waals surface area contributed by atoms with Gasteiger partial charge in [-0.15, -0.1) is 11.3 Å². The average Bonchev–Trinajstić information content (AvgIpc) is 3.01. The van der Waals surface area contributed by atoms with Gasteiger partial charge in [0, 0.05) is 24.0 Å². The Bertz CT molecular complexity index is 736. The predicted octanol–water partition coefficient (Wildman–Crippen LogP) is 4.98. The van der Waals surface area contributed by atoms with Gasteiger partial charge in [-0.2, -0.15) is 0 Å². The van der Waals surface area contributed by atoms with E-state index >= 15 is 0 Å². The van der Waals surface area contributed by atoms with E-state index in [1.807, 2.05) is 0 Å². The van der Waals surface area contributed by atoms with Gasteiger partial charge >= 0.3 is 0 Å². The number of thiophene rings is 1. The maximum atomic E-state index is 4.61. The Balaban J connectivity index is 2.12. The molecule has 0 aliphatic heterocycles. The normalized spacial score (nSPS) is 11.0. The van der Waals surface area contributed by atoms with Crippen LogP contribution in [0, 0.1) is 0 Å². The monoisotopic (exact) mass is 311 g/mol. The zero-order chi connectivity index (χ0) is 15.4. The fourth-order valence-corrected chi connectivity index (χ4v) is 3.60. The zero-order valence-corrected chi connectivity index (χ0v) is 13.9. The Labute approximate surface area is 135 Å². The maximum Gasteiger partial charge on any atom is 0.141 e. The minimum atomic E-state index is 0.968. The predicted molar refractivity (Wildman–Crippen MR) is 95.6 cm³/mol. The van der Waals surface area contributed by atoms with Crippen LogP contribution in [0.4, 0.5) is 5.82 Å². The highest BCUT2D eigenvalue weighted by Gasteiger charge is 2.16. The molecule has 3 rings (SSSR count). The summed E-state index contributed by atoms with van der Waals surface area (Å²) in [5.41, 5.74) is 2.47. The molecule has 0 saturated heterocycles. The number of unbranched alkanes of at least 4 members (excludes halogenated alkanes) is 1. The van der Waals surface area contributed by atoms with Gasteiger partial charge in [0.1, 0.15) is 17.0 Å². The van der Waals surface area contributed by atoms with Crippen molar-refractivity contribution in [1.29, 1.82) is 0 Å². The molecule has 0 aliphatic rings. The number of anilines is 1. The molecule has 0 unspecified atom stereocenters. The quantitative estimate of drug-likeness (QED) is 0.642. The van der Waals surface area contributed by atoms with Gasteiger partial charge in [-0.25, -0.2) is 9.97 Å². The molecule has 0 amide bonds. The molecule has 2 aromatic heterocycles. The van der Waals surface area contributed by atoms with Crippen LogP contribution in [0.15, 0.2) is 42.0 Å². The molecule has 0 saturated carbocycles. The molecule has 2 heterocycles. The third-order valence-corrected chi connectivity index (χ3v) is 4.78. The van der Waals surface area contributed by atoms with Crippen LogP contribution in [-0.4, -0.2) is 23.1 Å². The van der Waals surface area contributed by atoms with Crippen molar-refractivity contribution in [2.75, 3.05) is 18.0 Å². The summed E-state index contributed by atoms with van der Waals surface area (Å²) in [5.74, 6) is 1.07. The topological polar surface area (TPSA) is 29.0 Å². The standard InChI is InChI=1S/C18H21N3S/c1-3-5-11-21(4-2)17-16-15(14-9-7-6-8-10-14)12-22-18(16)20-13-19-17/h6-10,12-13H,3-5,11H2,1-2H3. The first-order valence-electron chi connectivity index (χ1n) is 7.87. The van der Waals surface area contributed by atoms with Crippen molar-refractivity contribution in [2.45, 2.75) is 26.7 Å². The van der Waals surface area contributed by atoms with Crippen molar-refractivity contribution >= 4 is 27.4 Å². The van der Waals surface area contributed by atoms with E-state index < -0.39 is 0 Å². The maximum absolute atomic E-state index is 4.61. The second-order valence-corrected chi connectivity index (χ2v) is 6.18. The van der Waals surface area contributed by atoms with Gasteiger partial charge in [0.25, 0.3) is 0 Å². The lowest BCUT2D eigenvalue weighted by atomic mass is 10.1. The SMILES string of the molecule is CCCCN(CC)c1ncnc2scc(-c3ccccc3)c12. The summed E-state index contributed by atoms with van der Waals surface area (Å²) in [4.78, 5) is 12.5. The van der Waals surface area contributed by atoms with Crippen LogP contribution in [0.2, 0.25) is 0 Å². The molecule has 22 heavy (non-hydrogen) atoms. The molecule has 0 radical (unpaired) electrons. The third kappa shape index (κ3) is 2.83. The second kappa shape index (κ2) is 6.88. The first-order valence-corrected chi connectivity index (χ1v) is 8.75. The van der Waals surface area contributed by atoms with E-state index in [-0.39, 0.29) is 0 Å². The number of hydrogen-bond acceptors (Lipinski definition) is 4. The summed E-state index contributed by atoms with van der Waals surface area (Å²) in [5, 5.41) is 3.39. The number of fused-ring (bicyclic) bond motifs is 1. The van der Waals surface area contributed by atoms with E-state index in [4.69, 9.17) is 0 Å². The number of rotatable bonds is 6. The number of aromatic nitrogens is 2. The summed E-state index contributed by atoms with van der Waals surface area (Å²) >= 11 is 1.70. The van der Waals surface area contributed by atoms with Crippen LogP contribution in [0.3, 0.4) is 0 Å². The van der Waals surface area contributed by atoms with Crippen LogP contribution < -0.4 is 4.90 Å². The van der Waals surface area contributed by atoms with E-state index in [2.05, 4.69) is 64.4 Å². The van der Waals surface area contributed by atoms with E-state index in [1.165, 1.54) is 29.4 Å². The highest BCUT2D eigenvalue weighted by Crippen LogP contribution is 2.37. The molecule has 0 N–H and O–H groups in total. The Kier molecular flexibility index (Phi) is 4.68. The number of benzene rings is 1. The molecule has 3 aromatic rings. The molecule has 0 aliphatic carbocycles. The molecule has 0 atom stereocenters. The molecule has 0 fully saturated rings. The van der Waals surface area contributed by atoms with Gasteiger partial charge in [-0.1, -0.05) is 43.7 Å². The second-order valence-electron chi connectivity index (χ2n) is 5.33. The number of hydrogen-bond donors (Lipinski definition) is 0. The van der Waals surface area contributed by atoms with Crippen molar-refractivity contribution in [3.05, 3.63) is 42.0 Å². The molecule has 0 bridgehead atoms. The van der Waals surface area contributed by atoms with Gasteiger partial charge < -0.3 is 4.90 Å². The Morgan fingerprint density at radius 3 is 2.64 bits per heavy atom. The fourth-order valence-electron chi connectivity index (χ4n) is 2.69. The lowest BCUT2D eigenvalue weighted by molar-refractivity contribution is 0.726. The van der Waals surface area contributed by atoms with Gasteiger partial charge in [0.2, 0.25) is 0 Å². The Hall–Kier alpha value is -1.94. The zero-order valence-electron chi connectivity index (χ0n) is 13.1. The summed E-state index contributed by atoms with van der Waals surface area (Å²) in [6.45, 7) is 6.43. The molecule has 4 heteroatoms. The van der Waals surface area contributed by atoms with E-state index in [0.717, 1.165) is 23.7 Å². The highest BCUT2D eigenvalue weighted by atomic mass is 32.1. The fraction of sp³-hybridized carbons (Fsp3) is 0.333. The van der Waals surface area contributed by atoms with Crippen molar-refractivity contribution < 1.29 is 0 Å². The van der Waals surface area contributed by atoms with Crippen LogP contribution in [0.1, 0.15) is 26.7 Å².